The topological polar surface area (TPSA) is 16.4 Å². The molecule has 0 aliphatic heterocycles. The highest BCUT2D eigenvalue weighted by Crippen LogP contribution is 2.44. The third kappa shape index (κ3) is 5.12. The molecule has 0 unspecified atom stereocenters. The van der Waals surface area contributed by atoms with Gasteiger partial charge in [0.05, 0.1) is 5.69 Å². The van der Waals surface area contributed by atoms with Gasteiger partial charge in [-0.25, -0.2) is 0 Å². The van der Waals surface area contributed by atoms with Crippen LogP contribution in [0.25, 0.3) is 76.9 Å². The molecule has 0 atom stereocenters. The van der Waals surface area contributed by atoms with Gasteiger partial charge in [-0.05, 0) is 86.1 Å². The molecule has 0 radical (unpaired) electrons. The van der Waals surface area contributed by atoms with E-state index in [0.717, 1.165) is 50.5 Å². The lowest BCUT2D eigenvalue weighted by molar-refractivity contribution is 0.632. The van der Waals surface area contributed by atoms with E-state index in [1.54, 1.807) is 0 Å². The van der Waals surface area contributed by atoms with Crippen LogP contribution in [0.1, 0.15) is 0 Å². The van der Waals surface area contributed by atoms with Crippen molar-refractivity contribution in [1.29, 1.82) is 0 Å². The van der Waals surface area contributed by atoms with Gasteiger partial charge in [-0.3, -0.25) is 0 Å². The first kappa shape index (κ1) is 30.0. The highest BCUT2D eigenvalue weighted by Gasteiger charge is 2.20. The van der Waals surface area contributed by atoms with Crippen LogP contribution in [0.4, 0.5) is 17.1 Å². The minimum Gasteiger partial charge on any atom is -0.455 e. The molecule has 0 fully saturated rings. The van der Waals surface area contributed by atoms with E-state index in [1.165, 1.54) is 43.4 Å². The molecule has 0 amide bonds. The standard InChI is InChI=1S/C50H33NO/c1-2-14-37(15-3-1)49-46-21-8-9-23-48(46)52-50(49)40-17-10-18-42(33-40)51(47-22-11-16-35-12-5-7-20-45(35)47)41-29-26-34(27-30-41)38-28-31-44-39(32-38)25-24-36-13-4-6-19-43(36)44/h1-33H. The zero-order valence-electron chi connectivity index (χ0n) is 28.4. The van der Waals surface area contributed by atoms with Crippen molar-refractivity contribution in [3.8, 4) is 33.6 Å². The molecule has 10 rings (SSSR count). The summed E-state index contributed by atoms with van der Waals surface area (Å²) in [6.07, 6.45) is 0. The van der Waals surface area contributed by atoms with Crippen LogP contribution in [0.15, 0.2) is 205 Å². The van der Waals surface area contributed by atoms with Gasteiger partial charge in [-0.15, -0.1) is 0 Å². The summed E-state index contributed by atoms with van der Waals surface area (Å²) >= 11 is 0. The number of hydrogen-bond donors (Lipinski definition) is 0. The molecule has 2 nitrogen and oxygen atoms in total. The molecule has 0 saturated carbocycles. The average molecular weight is 664 g/mol. The lowest BCUT2D eigenvalue weighted by atomic mass is 9.97. The molecule has 244 valence electrons. The van der Waals surface area contributed by atoms with Crippen molar-refractivity contribution in [2.75, 3.05) is 4.90 Å². The van der Waals surface area contributed by atoms with Crippen molar-refractivity contribution in [1.82, 2.24) is 0 Å². The monoisotopic (exact) mass is 663 g/mol. The molecule has 1 aromatic heterocycles. The van der Waals surface area contributed by atoms with Gasteiger partial charge in [0.1, 0.15) is 11.3 Å². The van der Waals surface area contributed by atoms with Gasteiger partial charge >= 0.3 is 0 Å². The quantitative estimate of drug-likeness (QED) is 0.165. The van der Waals surface area contributed by atoms with Crippen molar-refractivity contribution >= 4 is 60.3 Å². The van der Waals surface area contributed by atoms with Crippen molar-refractivity contribution in [3.63, 3.8) is 0 Å². The molecule has 10 aromatic rings. The first-order chi connectivity index (χ1) is 25.8. The predicted molar refractivity (Wildman–Crippen MR) is 220 cm³/mol. The fraction of sp³-hybridized carbons (Fsp3) is 0. The SMILES string of the molecule is c1ccc(-c2c(-c3cccc(N(c4ccc(-c5ccc6c(ccc7ccccc76)c5)cc4)c4cccc5ccccc45)c3)oc3ccccc23)cc1. The summed E-state index contributed by atoms with van der Waals surface area (Å²) in [7, 11) is 0. The Balaban J connectivity index is 1.11. The molecular weight excluding hydrogens is 631 g/mol. The lowest BCUT2D eigenvalue weighted by Gasteiger charge is -2.27. The molecule has 0 saturated heterocycles. The minimum atomic E-state index is 0.867. The van der Waals surface area contributed by atoms with E-state index in [-0.39, 0.29) is 0 Å². The third-order valence-corrected chi connectivity index (χ3v) is 10.2. The van der Waals surface area contributed by atoms with Crippen molar-refractivity contribution < 1.29 is 4.42 Å². The van der Waals surface area contributed by atoms with Gasteiger partial charge < -0.3 is 9.32 Å². The van der Waals surface area contributed by atoms with E-state index < -0.39 is 0 Å². The number of fused-ring (bicyclic) bond motifs is 5. The zero-order valence-corrected chi connectivity index (χ0v) is 28.4. The lowest BCUT2D eigenvalue weighted by Crippen LogP contribution is -2.10. The van der Waals surface area contributed by atoms with E-state index in [9.17, 15) is 0 Å². The molecule has 0 aliphatic carbocycles. The number of hydrogen-bond acceptors (Lipinski definition) is 2. The molecule has 9 aromatic carbocycles. The molecule has 0 aliphatic rings. The number of benzene rings is 9. The van der Waals surface area contributed by atoms with Crippen LogP contribution in [0.2, 0.25) is 0 Å². The Kier molecular flexibility index (Phi) is 7.18. The maximum atomic E-state index is 6.66. The Bertz CT molecular complexity index is 2900. The number of anilines is 3. The summed E-state index contributed by atoms with van der Waals surface area (Å²) in [5.41, 5.74) is 9.79. The summed E-state index contributed by atoms with van der Waals surface area (Å²) in [5.74, 6) is 0.867. The first-order valence-corrected chi connectivity index (χ1v) is 17.8. The largest absolute Gasteiger partial charge is 0.455 e. The third-order valence-electron chi connectivity index (χ3n) is 10.2. The van der Waals surface area contributed by atoms with Gasteiger partial charge in [0, 0.05) is 33.3 Å². The fourth-order valence-corrected chi connectivity index (χ4v) is 7.75. The molecule has 1 heterocycles. The average Bonchev–Trinajstić information content (AvgIpc) is 3.61. The Morgan fingerprint density at radius 1 is 0.327 bits per heavy atom. The fourth-order valence-electron chi connectivity index (χ4n) is 7.75. The number of rotatable bonds is 6. The first-order valence-electron chi connectivity index (χ1n) is 17.8. The number of nitrogens with zero attached hydrogens (tertiary/aromatic N) is 1. The van der Waals surface area contributed by atoms with Crippen molar-refractivity contribution in [2.45, 2.75) is 0 Å². The molecule has 0 N–H and O–H groups in total. The Labute approximate surface area is 302 Å². The second-order valence-corrected chi connectivity index (χ2v) is 13.3. The van der Waals surface area contributed by atoms with E-state index in [1.807, 2.05) is 6.07 Å². The molecule has 0 bridgehead atoms. The van der Waals surface area contributed by atoms with Crippen LogP contribution >= 0.6 is 0 Å². The van der Waals surface area contributed by atoms with Crippen LogP contribution in [0.5, 0.6) is 0 Å². The highest BCUT2D eigenvalue weighted by molar-refractivity contribution is 6.08. The van der Waals surface area contributed by atoms with Gasteiger partial charge in [-0.2, -0.15) is 0 Å². The van der Waals surface area contributed by atoms with E-state index in [4.69, 9.17) is 4.42 Å². The smallest absolute Gasteiger partial charge is 0.143 e. The highest BCUT2D eigenvalue weighted by atomic mass is 16.3. The van der Waals surface area contributed by atoms with Gasteiger partial charge in [-0.1, -0.05) is 158 Å². The number of furan rings is 1. The van der Waals surface area contributed by atoms with Crippen LogP contribution in [0, 0.1) is 0 Å². The molecule has 2 heteroatoms. The van der Waals surface area contributed by atoms with Crippen LogP contribution in [-0.4, -0.2) is 0 Å². The van der Waals surface area contributed by atoms with Crippen LogP contribution < -0.4 is 4.90 Å². The molecule has 52 heavy (non-hydrogen) atoms. The number of para-hydroxylation sites is 1. The van der Waals surface area contributed by atoms with E-state index >= 15 is 0 Å². The normalized spacial score (nSPS) is 11.5. The Morgan fingerprint density at radius 2 is 0.942 bits per heavy atom. The maximum Gasteiger partial charge on any atom is 0.143 e. The summed E-state index contributed by atoms with van der Waals surface area (Å²) in [4.78, 5) is 2.37. The van der Waals surface area contributed by atoms with Crippen LogP contribution in [-0.2, 0) is 0 Å². The van der Waals surface area contributed by atoms with E-state index in [0.29, 0.717) is 0 Å². The second-order valence-electron chi connectivity index (χ2n) is 13.3. The summed E-state index contributed by atoms with van der Waals surface area (Å²) in [6, 6.07) is 71.6. The van der Waals surface area contributed by atoms with Crippen LogP contribution in [0.3, 0.4) is 0 Å². The predicted octanol–water partition coefficient (Wildman–Crippen LogP) is 14.4. The molecule has 0 spiro atoms. The maximum absolute atomic E-state index is 6.66. The van der Waals surface area contributed by atoms with Gasteiger partial charge in [0.25, 0.3) is 0 Å². The van der Waals surface area contributed by atoms with Gasteiger partial charge in [0.15, 0.2) is 0 Å². The second kappa shape index (κ2) is 12.5. The molecular formula is C50H33NO. The Morgan fingerprint density at radius 3 is 1.79 bits per heavy atom. The Hall–Kier alpha value is -6.90. The summed E-state index contributed by atoms with van der Waals surface area (Å²) < 4.78 is 6.66. The summed E-state index contributed by atoms with van der Waals surface area (Å²) in [6.45, 7) is 0. The van der Waals surface area contributed by atoms with Gasteiger partial charge in [0.2, 0.25) is 0 Å². The van der Waals surface area contributed by atoms with Crippen molar-refractivity contribution in [2.24, 2.45) is 0 Å². The zero-order chi connectivity index (χ0) is 34.4. The minimum absolute atomic E-state index is 0.867. The van der Waals surface area contributed by atoms with E-state index in [2.05, 4.69) is 199 Å². The summed E-state index contributed by atoms with van der Waals surface area (Å²) in [5, 5.41) is 8.57. The van der Waals surface area contributed by atoms with Crippen molar-refractivity contribution in [3.05, 3.63) is 200 Å².